The van der Waals surface area contributed by atoms with Gasteiger partial charge in [-0.25, -0.2) is 4.39 Å². The third-order valence-electron chi connectivity index (χ3n) is 4.48. The summed E-state index contributed by atoms with van der Waals surface area (Å²) in [5, 5.41) is 0. The highest BCUT2D eigenvalue weighted by atomic mass is 19.4. The van der Waals surface area contributed by atoms with Gasteiger partial charge in [-0.15, -0.1) is 0 Å². The smallest absolute Gasteiger partial charge is 0.416 e. The Labute approximate surface area is 155 Å². The van der Waals surface area contributed by atoms with Crippen molar-refractivity contribution in [2.45, 2.75) is 24.7 Å². The van der Waals surface area contributed by atoms with E-state index >= 15 is 0 Å². The van der Waals surface area contributed by atoms with Crippen LogP contribution in [0.15, 0.2) is 54.6 Å². The highest BCUT2D eigenvalue weighted by molar-refractivity contribution is 5.48. The number of ether oxygens (including phenoxy) is 2. The summed E-state index contributed by atoms with van der Waals surface area (Å²) in [6, 6.07) is 14.4. The second-order valence-electron chi connectivity index (χ2n) is 6.40. The van der Waals surface area contributed by atoms with Crippen molar-refractivity contribution >= 4 is 5.69 Å². The van der Waals surface area contributed by atoms with E-state index in [0.717, 1.165) is 17.8 Å². The van der Waals surface area contributed by atoms with Crippen molar-refractivity contribution in [1.29, 1.82) is 0 Å². The van der Waals surface area contributed by atoms with Crippen LogP contribution in [0.5, 0.6) is 5.75 Å². The number of alkyl halides is 4. The molecule has 0 spiro atoms. The third kappa shape index (κ3) is 5.13. The molecule has 2 aromatic rings. The number of benzene rings is 2. The Morgan fingerprint density at radius 3 is 2.33 bits per heavy atom. The molecule has 0 amide bonds. The molecule has 27 heavy (non-hydrogen) atoms. The number of hydrogen-bond acceptors (Lipinski definition) is 3. The average Bonchev–Trinajstić information content (AvgIpc) is 3.05. The molecule has 0 N–H and O–H groups in total. The monoisotopic (exact) mass is 383 g/mol. The zero-order chi connectivity index (χ0) is 19.3. The molecular formula is C20H21F4NO2. The van der Waals surface area contributed by atoms with E-state index in [1.807, 2.05) is 30.3 Å². The first-order valence-corrected chi connectivity index (χ1v) is 8.76. The first-order chi connectivity index (χ1) is 13.0. The van der Waals surface area contributed by atoms with Crippen LogP contribution >= 0.6 is 0 Å². The molecule has 0 saturated carbocycles. The average molecular weight is 383 g/mol. The van der Waals surface area contributed by atoms with Crippen LogP contribution < -0.4 is 9.64 Å². The van der Waals surface area contributed by atoms with Gasteiger partial charge in [0.1, 0.15) is 18.5 Å². The maximum Gasteiger partial charge on any atom is 0.416 e. The van der Waals surface area contributed by atoms with Gasteiger partial charge in [0, 0.05) is 12.1 Å². The van der Waals surface area contributed by atoms with Gasteiger partial charge in [-0.3, -0.25) is 0 Å². The molecule has 3 nitrogen and oxygen atoms in total. The summed E-state index contributed by atoms with van der Waals surface area (Å²) in [4.78, 5) is 2.13. The molecule has 1 aliphatic rings. The highest BCUT2D eigenvalue weighted by Gasteiger charge is 2.34. The topological polar surface area (TPSA) is 21.7 Å². The lowest BCUT2D eigenvalue weighted by Crippen LogP contribution is -2.33. The van der Waals surface area contributed by atoms with Crippen LogP contribution in [0, 0.1) is 0 Å². The number of nitrogens with zero attached hydrogens (tertiary/aromatic N) is 1. The van der Waals surface area contributed by atoms with Crippen molar-refractivity contribution < 1.29 is 27.0 Å². The van der Waals surface area contributed by atoms with Gasteiger partial charge in [0.25, 0.3) is 0 Å². The zero-order valence-electron chi connectivity index (χ0n) is 14.7. The number of para-hydroxylation sites is 1. The standard InChI is InChI=1S/C20H21F4NO2/c21-10-11-26-14-17-12-19(13-25(17)16-4-2-1-3-5-16)27-18-8-6-15(7-9-18)20(22,23)24/h1-9,17,19H,10-14H2/t17-,19+/m0/s1. The Bertz CT molecular complexity index is 706. The first kappa shape index (κ1) is 19.5. The molecule has 1 fully saturated rings. The molecule has 0 aliphatic carbocycles. The van der Waals surface area contributed by atoms with E-state index in [9.17, 15) is 17.6 Å². The van der Waals surface area contributed by atoms with Gasteiger partial charge in [0.05, 0.1) is 31.4 Å². The van der Waals surface area contributed by atoms with Crippen LogP contribution in [0.25, 0.3) is 0 Å². The lowest BCUT2D eigenvalue weighted by molar-refractivity contribution is -0.137. The molecule has 1 aliphatic heterocycles. The second-order valence-corrected chi connectivity index (χ2v) is 6.40. The normalized spacial score (nSPS) is 20.1. The van der Waals surface area contributed by atoms with Crippen LogP contribution in [0.1, 0.15) is 12.0 Å². The van der Waals surface area contributed by atoms with Gasteiger partial charge in [-0.1, -0.05) is 18.2 Å². The van der Waals surface area contributed by atoms with Gasteiger partial charge in [0.2, 0.25) is 0 Å². The molecule has 0 radical (unpaired) electrons. The van der Waals surface area contributed by atoms with Crippen LogP contribution in [-0.4, -0.2) is 38.6 Å². The highest BCUT2D eigenvalue weighted by Crippen LogP contribution is 2.32. The summed E-state index contributed by atoms with van der Waals surface area (Å²) in [5.74, 6) is 0.395. The van der Waals surface area contributed by atoms with Crippen LogP contribution in [-0.2, 0) is 10.9 Å². The summed E-state index contributed by atoms with van der Waals surface area (Å²) >= 11 is 0. The van der Waals surface area contributed by atoms with E-state index in [0.29, 0.717) is 25.3 Å². The maximum absolute atomic E-state index is 12.7. The van der Waals surface area contributed by atoms with Crippen LogP contribution in [0.2, 0.25) is 0 Å². The van der Waals surface area contributed by atoms with Crippen molar-refractivity contribution in [3.63, 3.8) is 0 Å². The van der Waals surface area contributed by atoms with E-state index in [-0.39, 0.29) is 18.8 Å². The Morgan fingerprint density at radius 2 is 1.70 bits per heavy atom. The van der Waals surface area contributed by atoms with Crippen molar-refractivity contribution in [3.8, 4) is 5.75 Å². The van der Waals surface area contributed by atoms with E-state index < -0.39 is 18.4 Å². The predicted octanol–water partition coefficient (Wildman–Crippen LogP) is 4.72. The summed E-state index contributed by atoms with van der Waals surface area (Å²) < 4.78 is 61.6. The molecule has 0 aromatic heterocycles. The third-order valence-corrected chi connectivity index (χ3v) is 4.48. The molecule has 2 aromatic carbocycles. The summed E-state index contributed by atoms with van der Waals surface area (Å²) in [7, 11) is 0. The summed E-state index contributed by atoms with van der Waals surface area (Å²) in [5.41, 5.74) is 0.301. The van der Waals surface area contributed by atoms with E-state index in [1.165, 1.54) is 12.1 Å². The Hall–Kier alpha value is -2.28. The van der Waals surface area contributed by atoms with Gasteiger partial charge >= 0.3 is 6.18 Å². The van der Waals surface area contributed by atoms with Crippen molar-refractivity contribution in [2.24, 2.45) is 0 Å². The maximum atomic E-state index is 12.7. The van der Waals surface area contributed by atoms with Gasteiger partial charge in [0.15, 0.2) is 0 Å². The quantitative estimate of drug-likeness (QED) is 0.510. The minimum absolute atomic E-state index is 0.0124. The summed E-state index contributed by atoms with van der Waals surface area (Å²) in [6.45, 7) is 0.452. The molecule has 0 bridgehead atoms. The lowest BCUT2D eigenvalue weighted by atomic mass is 10.2. The molecule has 2 atom stereocenters. The van der Waals surface area contributed by atoms with Gasteiger partial charge < -0.3 is 14.4 Å². The molecule has 7 heteroatoms. The van der Waals surface area contributed by atoms with Crippen molar-refractivity contribution in [3.05, 3.63) is 60.2 Å². The Kier molecular flexibility index (Phi) is 6.21. The number of anilines is 1. The fourth-order valence-electron chi connectivity index (χ4n) is 3.24. The van der Waals surface area contributed by atoms with Gasteiger partial charge in [-0.2, -0.15) is 13.2 Å². The Balaban J connectivity index is 1.67. The number of hydrogen-bond donors (Lipinski definition) is 0. The second kappa shape index (κ2) is 8.61. The minimum Gasteiger partial charge on any atom is -0.489 e. The molecule has 3 rings (SSSR count). The van der Waals surface area contributed by atoms with Crippen molar-refractivity contribution in [2.75, 3.05) is 31.3 Å². The van der Waals surface area contributed by atoms with E-state index in [4.69, 9.17) is 9.47 Å². The number of halogens is 4. The fraction of sp³-hybridized carbons (Fsp3) is 0.400. The van der Waals surface area contributed by atoms with Crippen LogP contribution in [0.4, 0.5) is 23.2 Å². The molecule has 1 heterocycles. The number of rotatable bonds is 7. The van der Waals surface area contributed by atoms with Gasteiger partial charge in [-0.05, 0) is 36.4 Å². The first-order valence-electron chi connectivity index (χ1n) is 8.76. The SMILES string of the molecule is FCCOC[C@@H]1C[C@@H](Oc2ccc(C(F)(F)F)cc2)CN1c1ccccc1. The fourth-order valence-corrected chi connectivity index (χ4v) is 3.24. The molecule has 146 valence electrons. The lowest BCUT2D eigenvalue weighted by Gasteiger charge is -2.26. The van der Waals surface area contributed by atoms with Crippen molar-refractivity contribution in [1.82, 2.24) is 0 Å². The Morgan fingerprint density at radius 1 is 1.00 bits per heavy atom. The largest absolute Gasteiger partial charge is 0.489 e. The molecule has 1 saturated heterocycles. The van der Waals surface area contributed by atoms with Crippen LogP contribution in [0.3, 0.4) is 0 Å². The van der Waals surface area contributed by atoms with E-state index in [1.54, 1.807) is 0 Å². The minimum atomic E-state index is -4.37. The molecular weight excluding hydrogens is 362 g/mol. The molecule has 0 unspecified atom stereocenters. The summed E-state index contributed by atoms with van der Waals surface area (Å²) in [6.07, 6.45) is -3.92. The predicted molar refractivity (Wildman–Crippen MR) is 94.8 cm³/mol. The zero-order valence-corrected chi connectivity index (χ0v) is 14.7. The van der Waals surface area contributed by atoms with E-state index in [2.05, 4.69) is 4.90 Å².